The molecule has 19 heavy (non-hydrogen) atoms. The molecule has 1 unspecified atom stereocenters. The van der Waals surface area contributed by atoms with Gasteiger partial charge in [-0.05, 0) is 55.7 Å². The molecule has 3 nitrogen and oxygen atoms in total. The van der Waals surface area contributed by atoms with Crippen LogP contribution in [0.1, 0.15) is 55.8 Å². The van der Waals surface area contributed by atoms with Crippen LogP contribution in [0.25, 0.3) is 0 Å². The summed E-state index contributed by atoms with van der Waals surface area (Å²) in [6.45, 7) is 4.70. The van der Waals surface area contributed by atoms with E-state index in [0.29, 0.717) is 6.54 Å². The summed E-state index contributed by atoms with van der Waals surface area (Å²) in [6, 6.07) is 6.73. The molecule has 0 heterocycles. The molecule has 0 bridgehead atoms. The number of hydrogen-bond donors (Lipinski definition) is 2. The van der Waals surface area contributed by atoms with Gasteiger partial charge in [0.1, 0.15) is 0 Å². The van der Waals surface area contributed by atoms with E-state index in [0.717, 1.165) is 6.42 Å². The van der Waals surface area contributed by atoms with Crippen molar-refractivity contribution in [2.45, 2.75) is 52.0 Å². The second-order valence-corrected chi connectivity index (χ2v) is 5.20. The van der Waals surface area contributed by atoms with Crippen LogP contribution < -0.4 is 10.6 Å². The van der Waals surface area contributed by atoms with Gasteiger partial charge in [-0.15, -0.1) is 0 Å². The van der Waals surface area contributed by atoms with Gasteiger partial charge in [-0.3, -0.25) is 0 Å². The smallest absolute Gasteiger partial charge is 0.315 e. The zero-order valence-corrected chi connectivity index (χ0v) is 12.0. The first-order valence-corrected chi connectivity index (χ1v) is 7.40. The molecule has 0 aromatic heterocycles. The Kier molecular flexibility index (Phi) is 4.83. The van der Waals surface area contributed by atoms with Gasteiger partial charge in [0, 0.05) is 6.54 Å². The fourth-order valence-electron chi connectivity index (χ4n) is 2.76. The molecular formula is C16H24N2O. The largest absolute Gasteiger partial charge is 0.338 e. The van der Waals surface area contributed by atoms with E-state index in [-0.39, 0.29) is 12.1 Å². The van der Waals surface area contributed by atoms with Crippen molar-refractivity contribution in [3.05, 3.63) is 34.9 Å². The normalized spacial score (nSPS) is 15.5. The molecule has 0 aliphatic heterocycles. The average molecular weight is 260 g/mol. The van der Waals surface area contributed by atoms with Crippen molar-refractivity contribution in [3.8, 4) is 0 Å². The minimum atomic E-state index is -0.0768. The van der Waals surface area contributed by atoms with E-state index in [1.54, 1.807) is 0 Å². The first-order valence-electron chi connectivity index (χ1n) is 7.40. The molecule has 1 aliphatic rings. The molecular weight excluding hydrogens is 236 g/mol. The molecule has 2 rings (SSSR count). The molecule has 104 valence electrons. The number of hydrogen-bond acceptors (Lipinski definition) is 1. The number of carbonyl (C=O) groups is 1. The van der Waals surface area contributed by atoms with E-state index >= 15 is 0 Å². The lowest BCUT2D eigenvalue weighted by molar-refractivity contribution is 0.237. The van der Waals surface area contributed by atoms with Crippen molar-refractivity contribution in [3.63, 3.8) is 0 Å². The Bertz CT molecular complexity index is 442. The number of rotatable bonds is 4. The first-order chi connectivity index (χ1) is 9.24. The van der Waals surface area contributed by atoms with Gasteiger partial charge in [0.15, 0.2) is 0 Å². The standard InChI is InChI=1S/C16H24N2O/c1-3-15(18-16(19)17-4-2)14-10-9-12-7-5-6-8-13(12)11-14/h9-11,15H,3-8H2,1-2H3,(H2,17,18,19). The number of fused-ring (bicyclic) bond motifs is 1. The SMILES string of the molecule is CCNC(=O)NC(CC)c1ccc2c(c1)CCCC2. The van der Waals surface area contributed by atoms with Crippen LogP contribution in [-0.2, 0) is 12.8 Å². The van der Waals surface area contributed by atoms with E-state index in [9.17, 15) is 4.79 Å². The van der Waals surface area contributed by atoms with E-state index in [1.807, 2.05) is 6.92 Å². The number of aryl methyl sites for hydroxylation is 2. The topological polar surface area (TPSA) is 41.1 Å². The second kappa shape index (κ2) is 6.60. The summed E-state index contributed by atoms with van der Waals surface area (Å²) in [5, 5.41) is 5.83. The van der Waals surface area contributed by atoms with Gasteiger partial charge in [0.05, 0.1) is 6.04 Å². The third-order valence-electron chi connectivity index (χ3n) is 3.83. The molecule has 0 saturated carbocycles. The minimum absolute atomic E-state index is 0.0768. The summed E-state index contributed by atoms with van der Waals surface area (Å²) < 4.78 is 0. The second-order valence-electron chi connectivity index (χ2n) is 5.20. The van der Waals surface area contributed by atoms with Crippen LogP contribution in [0.2, 0.25) is 0 Å². The van der Waals surface area contributed by atoms with E-state index < -0.39 is 0 Å². The van der Waals surface area contributed by atoms with Crippen LogP contribution >= 0.6 is 0 Å². The van der Waals surface area contributed by atoms with Crippen LogP contribution in [0.4, 0.5) is 4.79 Å². The van der Waals surface area contributed by atoms with Gasteiger partial charge in [-0.25, -0.2) is 4.79 Å². The Hall–Kier alpha value is -1.51. The van der Waals surface area contributed by atoms with Crippen molar-refractivity contribution in [2.24, 2.45) is 0 Å². The Morgan fingerprint density at radius 1 is 1.21 bits per heavy atom. The van der Waals surface area contributed by atoms with Crippen molar-refractivity contribution >= 4 is 6.03 Å². The van der Waals surface area contributed by atoms with Gasteiger partial charge >= 0.3 is 6.03 Å². The van der Waals surface area contributed by atoms with Gasteiger partial charge in [-0.1, -0.05) is 25.1 Å². The van der Waals surface area contributed by atoms with Crippen molar-refractivity contribution in [1.82, 2.24) is 10.6 Å². The molecule has 0 saturated heterocycles. The Balaban J connectivity index is 2.12. The molecule has 1 aromatic carbocycles. The summed E-state index contributed by atoms with van der Waals surface area (Å²) in [4.78, 5) is 11.7. The van der Waals surface area contributed by atoms with Crippen LogP contribution in [0.15, 0.2) is 18.2 Å². The molecule has 0 radical (unpaired) electrons. The van der Waals surface area contributed by atoms with Crippen LogP contribution in [-0.4, -0.2) is 12.6 Å². The lowest BCUT2D eigenvalue weighted by atomic mass is 9.89. The molecule has 2 amide bonds. The Morgan fingerprint density at radius 3 is 2.63 bits per heavy atom. The summed E-state index contributed by atoms with van der Waals surface area (Å²) in [5.74, 6) is 0. The van der Waals surface area contributed by atoms with Gasteiger partial charge in [0.25, 0.3) is 0 Å². The Labute approximate surface area is 115 Å². The lowest BCUT2D eigenvalue weighted by Crippen LogP contribution is -2.37. The lowest BCUT2D eigenvalue weighted by Gasteiger charge is -2.21. The average Bonchev–Trinajstić information content (AvgIpc) is 2.44. The van der Waals surface area contributed by atoms with Gasteiger partial charge < -0.3 is 10.6 Å². The molecule has 0 spiro atoms. The summed E-state index contributed by atoms with van der Waals surface area (Å²) in [6.07, 6.45) is 5.89. The maximum absolute atomic E-state index is 11.7. The highest BCUT2D eigenvalue weighted by Gasteiger charge is 2.15. The minimum Gasteiger partial charge on any atom is -0.338 e. The third kappa shape index (κ3) is 3.49. The number of nitrogens with one attached hydrogen (secondary N) is 2. The molecule has 1 aliphatic carbocycles. The summed E-state index contributed by atoms with van der Waals surface area (Å²) >= 11 is 0. The number of benzene rings is 1. The van der Waals surface area contributed by atoms with E-state index in [2.05, 4.69) is 35.8 Å². The number of amides is 2. The molecule has 0 fully saturated rings. The van der Waals surface area contributed by atoms with E-state index in [1.165, 1.54) is 42.4 Å². The van der Waals surface area contributed by atoms with E-state index in [4.69, 9.17) is 0 Å². The summed E-state index contributed by atoms with van der Waals surface area (Å²) in [7, 11) is 0. The van der Waals surface area contributed by atoms with Crippen molar-refractivity contribution in [2.75, 3.05) is 6.54 Å². The molecule has 1 atom stereocenters. The predicted molar refractivity (Wildman–Crippen MR) is 78.3 cm³/mol. The summed E-state index contributed by atoms with van der Waals surface area (Å²) in [5.41, 5.74) is 4.19. The van der Waals surface area contributed by atoms with Gasteiger partial charge in [0.2, 0.25) is 0 Å². The van der Waals surface area contributed by atoms with Crippen molar-refractivity contribution < 1.29 is 4.79 Å². The highest BCUT2D eigenvalue weighted by molar-refractivity contribution is 5.74. The monoisotopic (exact) mass is 260 g/mol. The first kappa shape index (κ1) is 13.9. The maximum atomic E-state index is 11.7. The number of carbonyl (C=O) groups excluding carboxylic acids is 1. The zero-order chi connectivity index (χ0) is 13.7. The molecule has 2 N–H and O–H groups in total. The van der Waals surface area contributed by atoms with Crippen LogP contribution in [0.3, 0.4) is 0 Å². The highest BCUT2D eigenvalue weighted by Crippen LogP contribution is 2.25. The third-order valence-corrected chi connectivity index (χ3v) is 3.83. The number of urea groups is 1. The zero-order valence-electron chi connectivity index (χ0n) is 12.0. The van der Waals surface area contributed by atoms with Crippen molar-refractivity contribution in [1.29, 1.82) is 0 Å². The fourth-order valence-corrected chi connectivity index (χ4v) is 2.76. The Morgan fingerprint density at radius 2 is 1.95 bits per heavy atom. The quantitative estimate of drug-likeness (QED) is 0.856. The molecule has 3 heteroatoms. The maximum Gasteiger partial charge on any atom is 0.315 e. The van der Waals surface area contributed by atoms with Gasteiger partial charge in [-0.2, -0.15) is 0 Å². The van der Waals surface area contributed by atoms with Crippen LogP contribution in [0, 0.1) is 0 Å². The fraction of sp³-hybridized carbons (Fsp3) is 0.562. The molecule has 1 aromatic rings. The van der Waals surface area contributed by atoms with Crippen LogP contribution in [0.5, 0.6) is 0 Å². The highest BCUT2D eigenvalue weighted by atomic mass is 16.2. The predicted octanol–water partition coefficient (Wildman–Crippen LogP) is 3.34.